The number of nitro benzene ring substituents is 1. The Kier molecular flexibility index (Phi) is 3.60. The molecule has 1 aromatic carbocycles. The first-order chi connectivity index (χ1) is 8.49. The maximum Gasteiger partial charge on any atom is 0.297 e. The van der Waals surface area contributed by atoms with E-state index >= 15 is 0 Å². The monoisotopic (exact) mass is 272 g/mol. The summed E-state index contributed by atoms with van der Waals surface area (Å²) in [6.07, 6.45) is 0.261. The van der Waals surface area contributed by atoms with Gasteiger partial charge in [0.05, 0.1) is 15.9 Å². The second-order valence-corrected chi connectivity index (χ2v) is 5.49. The molecule has 1 saturated heterocycles. The van der Waals surface area contributed by atoms with E-state index < -0.39 is 15.0 Å². The summed E-state index contributed by atoms with van der Waals surface area (Å²) in [5.74, 6) is 0. The lowest BCUT2D eigenvalue weighted by Crippen LogP contribution is -2.21. The average molecular weight is 272 g/mol. The van der Waals surface area contributed by atoms with Gasteiger partial charge >= 0.3 is 0 Å². The zero-order chi connectivity index (χ0) is 13.2. The number of rotatable bonds is 4. The third-order valence-corrected chi connectivity index (χ3v) is 3.99. The molecule has 18 heavy (non-hydrogen) atoms. The van der Waals surface area contributed by atoms with Crippen LogP contribution in [0.25, 0.3) is 0 Å². The van der Waals surface area contributed by atoms with Gasteiger partial charge in [0, 0.05) is 18.7 Å². The highest BCUT2D eigenvalue weighted by atomic mass is 32.2. The Balaban J connectivity index is 2.16. The summed E-state index contributed by atoms with van der Waals surface area (Å²) in [6.45, 7) is 1.21. The van der Waals surface area contributed by atoms with Crippen molar-refractivity contribution in [2.24, 2.45) is 0 Å². The standard InChI is InChI=1S/C10H12N2O5S/c13-12(14)8-1-3-10(4-2-8)18(15,16)17-9-5-6-11-7-9/h1-4,9,11H,5-7H2/t9-/m1/s1. The van der Waals surface area contributed by atoms with Crippen LogP contribution in [0.2, 0.25) is 0 Å². The van der Waals surface area contributed by atoms with E-state index in [1.807, 2.05) is 0 Å². The molecule has 1 heterocycles. The van der Waals surface area contributed by atoms with Gasteiger partial charge in [-0.15, -0.1) is 0 Å². The SMILES string of the molecule is O=[N+]([O-])c1ccc(S(=O)(=O)O[C@@H]2CCNC2)cc1. The number of benzene rings is 1. The van der Waals surface area contributed by atoms with Gasteiger partial charge in [-0.3, -0.25) is 14.3 Å². The maximum absolute atomic E-state index is 11.8. The Morgan fingerprint density at radius 1 is 1.33 bits per heavy atom. The van der Waals surface area contributed by atoms with E-state index in [1.165, 1.54) is 12.1 Å². The van der Waals surface area contributed by atoms with Crippen LogP contribution in [0.1, 0.15) is 6.42 Å². The van der Waals surface area contributed by atoms with Crippen molar-refractivity contribution >= 4 is 15.8 Å². The molecule has 0 spiro atoms. The van der Waals surface area contributed by atoms with Gasteiger partial charge in [-0.1, -0.05) is 0 Å². The highest BCUT2D eigenvalue weighted by Gasteiger charge is 2.24. The molecular formula is C10H12N2O5S. The summed E-state index contributed by atoms with van der Waals surface area (Å²) >= 11 is 0. The van der Waals surface area contributed by atoms with E-state index in [-0.39, 0.29) is 16.7 Å². The summed E-state index contributed by atoms with van der Waals surface area (Å²) in [5, 5.41) is 13.4. The lowest BCUT2D eigenvalue weighted by Gasteiger charge is -2.10. The molecule has 0 aliphatic carbocycles. The molecule has 1 N–H and O–H groups in total. The molecule has 0 radical (unpaired) electrons. The number of non-ortho nitro benzene ring substituents is 1. The normalized spacial score (nSPS) is 19.9. The van der Waals surface area contributed by atoms with Crippen LogP contribution in [0.5, 0.6) is 0 Å². The minimum atomic E-state index is -3.85. The second kappa shape index (κ2) is 5.01. The molecule has 1 aromatic rings. The quantitative estimate of drug-likeness (QED) is 0.491. The lowest BCUT2D eigenvalue weighted by molar-refractivity contribution is -0.384. The van der Waals surface area contributed by atoms with Crippen LogP contribution in [0.3, 0.4) is 0 Å². The van der Waals surface area contributed by atoms with Gasteiger partial charge in [-0.05, 0) is 25.1 Å². The number of nitro groups is 1. The summed E-state index contributed by atoms with van der Waals surface area (Å²) in [5.41, 5.74) is -0.156. The summed E-state index contributed by atoms with van der Waals surface area (Å²) in [6, 6.07) is 4.64. The van der Waals surface area contributed by atoms with Crippen molar-refractivity contribution in [2.45, 2.75) is 17.4 Å². The van der Waals surface area contributed by atoms with Gasteiger partial charge in [-0.2, -0.15) is 8.42 Å². The Hall–Kier alpha value is -1.51. The van der Waals surface area contributed by atoms with Gasteiger partial charge in [0.25, 0.3) is 15.8 Å². The van der Waals surface area contributed by atoms with E-state index in [4.69, 9.17) is 4.18 Å². The maximum atomic E-state index is 11.8. The zero-order valence-electron chi connectivity index (χ0n) is 9.40. The highest BCUT2D eigenvalue weighted by Crippen LogP contribution is 2.20. The van der Waals surface area contributed by atoms with Crippen LogP contribution in [-0.2, 0) is 14.3 Å². The number of nitrogens with one attached hydrogen (secondary N) is 1. The highest BCUT2D eigenvalue weighted by molar-refractivity contribution is 7.86. The first-order valence-electron chi connectivity index (χ1n) is 5.37. The van der Waals surface area contributed by atoms with Crippen molar-refractivity contribution in [3.05, 3.63) is 34.4 Å². The predicted octanol–water partition coefficient (Wildman–Crippen LogP) is 0.662. The van der Waals surface area contributed by atoms with Crippen LogP contribution in [0.15, 0.2) is 29.2 Å². The number of nitrogens with zero attached hydrogens (tertiary/aromatic N) is 1. The van der Waals surface area contributed by atoms with Gasteiger partial charge in [-0.25, -0.2) is 0 Å². The molecule has 1 atom stereocenters. The fraction of sp³-hybridized carbons (Fsp3) is 0.400. The van der Waals surface area contributed by atoms with Crippen LogP contribution < -0.4 is 5.32 Å². The minimum Gasteiger partial charge on any atom is -0.314 e. The largest absolute Gasteiger partial charge is 0.314 e. The minimum absolute atomic E-state index is 0.0694. The molecule has 1 aliphatic heterocycles. The topological polar surface area (TPSA) is 98.5 Å². The molecule has 2 rings (SSSR count). The Morgan fingerprint density at radius 2 is 2.00 bits per heavy atom. The van der Waals surface area contributed by atoms with E-state index in [2.05, 4.69) is 5.32 Å². The van der Waals surface area contributed by atoms with Crippen LogP contribution in [0.4, 0.5) is 5.69 Å². The smallest absolute Gasteiger partial charge is 0.297 e. The van der Waals surface area contributed by atoms with Crippen molar-refractivity contribution in [1.82, 2.24) is 5.32 Å². The molecule has 7 nitrogen and oxygen atoms in total. The molecular weight excluding hydrogens is 260 g/mol. The van der Waals surface area contributed by atoms with Gasteiger partial charge in [0.1, 0.15) is 0 Å². The van der Waals surface area contributed by atoms with Crippen LogP contribution in [-0.4, -0.2) is 32.5 Å². The summed E-state index contributed by atoms with van der Waals surface area (Å²) in [4.78, 5) is 9.80. The Bertz CT molecular complexity index is 534. The average Bonchev–Trinajstić information content (AvgIpc) is 2.81. The van der Waals surface area contributed by atoms with E-state index in [0.29, 0.717) is 13.0 Å². The van der Waals surface area contributed by atoms with Crippen LogP contribution in [0, 0.1) is 10.1 Å². The van der Waals surface area contributed by atoms with Crippen LogP contribution >= 0.6 is 0 Å². The molecule has 1 aliphatic rings. The lowest BCUT2D eigenvalue weighted by atomic mass is 10.3. The molecule has 98 valence electrons. The molecule has 1 fully saturated rings. The zero-order valence-corrected chi connectivity index (χ0v) is 10.2. The van der Waals surface area contributed by atoms with Crippen molar-refractivity contribution in [3.63, 3.8) is 0 Å². The molecule has 0 amide bonds. The molecule has 0 unspecified atom stereocenters. The number of hydrogen-bond donors (Lipinski definition) is 1. The molecule has 0 saturated carbocycles. The fourth-order valence-corrected chi connectivity index (χ4v) is 2.78. The summed E-state index contributed by atoms with van der Waals surface area (Å²) in [7, 11) is -3.85. The van der Waals surface area contributed by atoms with E-state index in [0.717, 1.165) is 18.7 Å². The first kappa shape index (κ1) is 12.9. The van der Waals surface area contributed by atoms with E-state index in [9.17, 15) is 18.5 Å². The van der Waals surface area contributed by atoms with Gasteiger partial charge in [0.15, 0.2) is 0 Å². The molecule has 0 aromatic heterocycles. The van der Waals surface area contributed by atoms with Gasteiger partial charge < -0.3 is 5.32 Å². The third kappa shape index (κ3) is 2.84. The van der Waals surface area contributed by atoms with Crippen molar-refractivity contribution < 1.29 is 17.5 Å². The van der Waals surface area contributed by atoms with Crippen molar-refractivity contribution in [1.29, 1.82) is 0 Å². The summed E-state index contributed by atoms with van der Waals surface area (Å²) < 4.78 is 28.7. The fourth-order valence-electron chi connectivity index (χ4n) is 1.68. The van der Waals surface area contributed by atoms with Crippen molar-refractivity contribution in [3.8, 4) is 0 Å². The van der Waals surface area contributed by atoms with E-state index in [1.54, 1.807) is 0 Å². The molecule has 0 bridgehead atoms. The Morgan fingerprint density at radius 3 is 2.50 bits per heavy atom. The van der Waals surface area contributed by atoms with Gasteiger partial charge in [0.2, 0.25) is 0 Å². The first-order valence-corrected chi connectivity index (χ1v) is 6.78. The predicted molar refractivity (Wildman–Crippen MR) is 62.6 cm³/mol. The third-order valence-electron chi connectivity index (χ3n) is 2.61. The second-order valence-electron chi connectivity index (χ2n) is 3.92. The Labute approximate surface area is 104 Å². The number of hydrogen-bond acceptors (Lipinski definition) is 6. The van der Waals surface area contributed by atoms with Crippen molar-refractivity contribution in [2.75, 3.05) is 13.1 Å². The molecule has 8 heteroatoms.